The lowest BCUT2D eigenvalue weighted by Gasteiger charge is -2.34. The largest absolute Gasteiger partial charge is 0.480 e. The summed E-state index contributed by atoms with van der Waals surface area (Å²) in [5, 5.41) is 21.2. The Bertz CT molecular complexity index is 1980. The second kappa shape index (κ2) is 18.3. The molecule has 1 aliphatic carbocycles. The van der Waals surface area contributed by atoms with E-state index in [2.05, 4.69) is 36.2 Å². The van der Waals surface area contributed by atoms with E-state index in [0.717, 1.165) is 12.0 Å². The van der Waals surface area contributed by atoms with Gasteiger partial charge in [-0.3, -0.25) is 14.4 Å². The highest BCUT2D eigenvalue weighted by Gasteiger charge is 2.45. The number of nitrogens with zero attached hydrogens (tertiary/aromatic N) is 4. The number of ketones is 1. The average Bonchev–Trinajstić information content (AvgIpc) is 3.94. The number of rotatable bonds is 16. The molecule has 58 heavy (non-hydrogen) atoms. The van der Waals surface area contributed by atoms with E-state index >= 15 is 0 Å². The van der Waals surface area contributed by atoms with Crippen molar-refractivity contribution in [2.24, 2.45) is 5.92 Å². The van der Waals surface area contributed by atoms with E-state index in [1.165, 1.54) is 24.3 Å². The number of ether oxygens (including phenoxy) is 2. The van der Waals surface area contributed by atoms with Gasteiger partial charge in [-0.15, -0.1) is 0 Å². The summed E-state index contributed by atoms with van der Waals surface area (Å²) in [6.07, 6.45) is -3.12. The van der Waals surface area contributed by atoms with Gasteiger partial charge >= 0.3 is 24.2 Å². The maximum Gasteiger partial charge on any atom is 0.422 e. The molecule has 312 valence electrons. The van der Waals surface area contributed by atoms with Crippen LogP contribution < -0.4 is 26.0 Å². The lowest BCUT2D eigenvalue weighted by atomic mass is 9.98. The Labute approximate surface area is 336 Å². The maximum atomic E-state index is 13.0. The van der Waals surface area contributed by atoms with E-state index in [1.807, 2.05) is 12.1 Å². The third kappa shape index (κ3) is 12.9. The highest BCUT2D eigenvalue weighted by molar-refractivity contribution is 6.36. The molecule has 0 radical (unpaired) electrons. The Balaban J connectivity index is 1.15. The van der Waals surface area contributed by atoms with Crippen molar-refractivity contribution in [1.82, 2.24) is 30.5 Å². The van der Waals surface area contributed by atoms with Crippen molar-refractivity contribution >= 4 is 58.8 Å². The van der Waals surface area contributed by atoms with Crippen molar-refractivity contribution in [2.75, 3.05) is 36.9 Å². The normalized spacial score (nSPS) is 16.7. The van der Waals surface area contributed by atoms with Gasteiger partial charge in [0.25, 0.3) is 11.8 Å². The van der Waals surface area contributed by atoms with Crippen LogP contribution in [0.1, 0.15) is 75.2 Å². The van der Waals surface area contributed by atoms with E-state index in [0.29, 0.717) is 43.1 Å². The number of anilines is 3. The number of carbonyl (C=O) groups is 5. The highest BCUT2D eigenvalue weighted by Crippen LogP contribution is 2.48. The van der Waals surface area contributed by atoms with Gasteiger partial charge in [-0.1, -0.05) is 23.7 Å². The molecule has 0 spiro atoms. The maximum absolute atomic E-state index is 13.0. The fourth-order valence-corrected chi connectivity index (χ4v) is 6.18. The zero-order chi connectivity index (χ0) is 42.3. The van der Waals surface area contributed by atoms with Crippen LogP contribution in [0.15, 0.2) is 48.5 Å². The van der Waals surface area contributed by atoms with Gasteiger partial charge in [0.05, 0.1) is 5.54 Å². The Hall–Kier alpha value is -5.72. The molecule has 20 heteroatoms. The number of aromatic nitrogens is 3. The summed E-state index contributed by atoms with van der Waals surface area (Å²) in [6.45, 7) is 4.65. The van der Waals surface area contributed by atoms with Crippen LogP contribution in [0.2, 0.25) is 5.02 Å². The highest BCUT2D eigenvalue weighted by atomic mass is 35.5. The number of hydrogen-bond acceptors (Lipinski definition) is 12. The molecule has 2 heterocycles. The molecule has 5 rings (SSSR count). The van der Waals surface area contributed by atoms with Crippen LogP contribution in [-0.4, -0.2) is 98.7 Å². The summed E-state index contributed by atoms with van der Waals surface area (Å²) in [4.78, 5) is 76.4. The molecule has 0 bridgehead atoms. The lowest BCUT2D eigenvalue weighted by molar-refractivity contribution is -0.154. The van der Waals surface area contributed by atoms with Gasteiger partial charge in [0, 0.05) is 42.3 Å². The van der Waals surface area contributed by atoms with Gasteiger partial charge in [0.2, 0.25) is 17.7 Å². The van der Waals surface area contributed by atoms with Crippen molar-refractivity contribution in [3.05, 3.63) is 64.7 Å². The number of alkyl halides is 3. The number of Topliss-reactive ketones (excluding diaryl/α,β-unsaturated/α-hetero) is 1. The van der Waals surface area contributed by atoms with Crippen LogP contribution in [0.4, 0.5) is 35.5 Å². The van der Waals surface area contributed by atoms with Crippen LogP contribution in [0.3, 0.4) is 0 Å². The predicted molar refractivity (Wildman–Crippen MR) is 204 cm³/mol. The van der Waals surface area contributed by atoms with Crippen LogP contribution >= 0.6 is 11.6 Å². The monoisotopic (exact) mass is 832 g/mol. The second-order valence-electron chi connectivity index (χ2n) is 15.1. The minimum atomic E-state index is -4.65. The van der Waals surface area contributed by atoms with Crippen molar-refractivity contribution < 1.29 is 51.7 Å². The van der Waals surface area contributed by atoms with Crippen LogP contribution in [0.5, 0.6) is 6.01 Å². The second-order valence-corrected chi connectivity index (χ2v) is 15.5. The molecule has 1 saturated carbocycles. The van der Waals surface area contributed by atoms with E-state index in [1.54, 1.807) is 37.8 Å². The number of benzene rings is 2. The summed E-state index contributed by atoms with van der Waals surface area (Å²) in [5.74, 6) is -4.29. The number of amides is 3. The summed E-state index contributed by atoms with van der Waals surface area (Å²) in [7, 11) is 0. The third-order valence-electron chi connectivity index (χ3n) is 9.12. The minimum absolute atomic E-state index is 0.0413. The molecule has 2 aliphatic rings. The zero-order valence-electron chi connectivity index (χ0n) is 32.0. The average molecular weight is 833 g/mol. The predicted octanol–water partition coefficient (Wildman–Crippen LogP) is 5.61. The fourth-order valence-electron chi connectivity index (χ4n) is 6.05. The minimum Gasteiger partial charge on any atom is -0.480 e. The van der Waals surface area contributed by atoms with Gasteiger partial charge in [-0.05, 0) is 101 Å². The summed E-state index contributed by atoms with van der Waals surface area (Å²) >= 11 is 6.03. The Kier molecular flexibility index (Phi) is 13.7. The molecule has 3 amide bonds. The van der Waals surface area contributed by atoms with Crippen molar-refractivity contribution in [1.29, 1.82) is 0 Å². The van der Waals surface area contributed by atoms with E-state index in [-0.39, 0.29) is 36.3 Å². The number of halogens is 4. The molecule has 1 aliphatic heterocycles. The van der Waals surface area contributed by atoms with Gasteiger partial charge in [0.1, 0.15) is 11.6 Å². The van der Waals surface area contributed by atoms with Gasteiger partial charge in [-0.25, -0.2) is 9.59 Å². The molecule has 3 aromatic rings. The van der Waals surface area contributed by atoms with Crippen LogP contribution in [0.25, 0.3) is 0 Å². The molecule has 1 unspecified atom stereocenters. The first-order valence-corrected chi connectivity index (χ1v) is 18.8. The van der Waals surface area contributed by atoms with Gasteiger partial charge < -0.3 is 40.7 Å². The Morgan fingerprint density at radius 1 is 0.983 bits per heavy atom. The molecule has 16 nitrogen and oxygen atoms in total. The fraction of sp³-hybridized carbons (Fsp3) is 0.474. The van der Waals surface area contributed by atoms with Crippen molar-refractivity contribution in [3.8, 4) is 6.01 Å². The number of carboxylic acid groups (broad SMARTS) is 1. The summed E-state index contributed by atoms with van der Waals surface area (Å²) in [5.41, 5.74) is -0.000374. The first-order chi connectivity index (χ1) is 27.3. The van der Waals surface area contributed by atoms with Gasteiger partial charge in [0.15, 0.2) is 6.61 Å². The first-order valence-electron chi connectivity index (χ1n) is 18.5. The summed E-state index contributed by atoms with van der Waals surface area (Å²) in [6, 6.07) is 10.6. The number of likely N-dealkylation sites (tertiary alicyclic amines) is 1. The number of aliphatic carboxylic acids is 1. The van der Waals surface area contributed by atoms with Crippen LogP contribution in [0, 0.1) is 5.92 Å². The molecular weight excluding hydrogens is 789 g/mol. The lowest BCUT2D eigenvalue weighted by Crippen LogP contribution is -2.46. The first kappa shape index (κ1) is 43.4. The molecule has 5 N–H and O–H groups in total. The smallest absolute Gasteiger partial charge is 0.422 e. The molecular formula is C38H44ClF3N8O8. The number of piperidine rings is 1. The van der Waals surface area contributed by atoms with E-state index in [4.69, 9.17) is 21.1 Å². The topological polar surface area (TPSA) is 214 Å². The number of hydrogen-bond donors (Lipinski definition) is 5. The molecule has 2 aromatic carbocycles. The molecule has 2 fully saturated rings. The standard InChI is InChI=1S/C38H44ClF3N8O8/c1-36(2,3)58-35(56)50-18-4-5-22(20-50)19-43-30(53)28(51)15-14-27(31(54)55)45-29(52)23-6-12-26(13-7-23)44-32-46-33(48-34(47-32)57-21-38(40,41)42)49-37(16-17-37)24-8-10-25(39)11-9-24/h6-13,22,27H,4-5,14-21H2,1-3H3,(H,43,53)(H,45,52)(H,54,55)(H2,44,46,47,48,49)/t22?,27-/m0/s1. The zero-order valence-corrected chi connectivity index (χ0v) is 32.7. The van der Waals surface area contributed by atoms with Gasteiger partial charge in [-0.2, -0.15) is 28.1 Å². The van der Waals surface area contributed by atoms with E-state index in [9.17, 15) is 42.3 Å². The third-order valence-corrected chi connectivity index (χ3v) is 9.37. The Morgan fingerprint density at radius 2 is 1.66 bits per heavy atom. The summed E-state index contributed by atoms with van der Waals surface area (Å²) < 4.78 is 49.1. The number of carboxylic acids is 1. The van der Waals surface area contributed by atoms with Crippen molar-refractivity contribution in [3.63, 3.8) is 0 Å². The SMILES string of the molecule is CC(C)(C)OC(=O)N1CCCC(CNC(=O)C(=O)CC[C@H](NC(=O)c2ccc(Nc3nc(NC4(c5ccc(Cl)cc5)CC4)nc(OCC(F)(F)F)n3)cc2)C(=O)O)C1. The molecule has 2 atom stereocenters. The number of nitrogens with one attached hydrogen (secondary N) is 4. The molecule has 1 saturated heterocycles. The molecule has 1 aromatic heterocycles. The quantitative estimate of drug-likeness (QED) is 0.111. The van der Waals surface area contributed by atoms with Crippen LogP contribution in [-0.2, 0) is 24.7 Å². The Morgan fingerprint density at radius 3 is 2.28 bits per heavy atom. The number of carbonyl (C=O) groups excluding carboxylic acids is 4. The van der Waals surface area contributed by atoms with Crippen molar-refractivity contribution in [2.45, 2.75) is 82.7 Å². The van der Waals surface area contributed by atoms with E-state index < -0.39 is 72.1 Å².